The summed E-state index contributed by atoms with van der Waals surface area (Å²) in [4.78, 5) is 12.4. The van der Waals surface area contributed by atoms with E-state index in [4.69, 9.17) is 4.74 Å². The van der Waals surface area contributed by atoms with Crippen LogP contribution in [0.1, 0.15) is 42.7 Å². The van der Waals surface area contributed by atoms with Crippen molar-refractivity contribution in [1.82, 2.24) is 0 Å². The lowest BCUT2D eigenvalue weighted by molar-refractivity contribution is -0.129. The number of aryl methyl sites for hydroxylation is 1. The van der Waals surface area contributed by atoms with Gasteiger partial charge in [0.05, 0.1) is 0 Å². The summed E-state index contributed by atoms with van der Waals surface area (Å²) in [6.07, 6.45) is 5.05. The standard InChI is InChI=1S/C15H18O2/c16-15(14-9-4-10-17-14)13-8-3-6-11-5-1-2-7-12(11)13/h1-2,5,7,13-14H,3-4,6,8-10H2. The molecular formula is C15H18O2. The van der Waals surface area contributed by atoms with Gasteiger partial charge < -0.3 is 4.74 Å². The third-order valence-corrected chi connectivity index (χ3v) is 3.96. The highest BCUT2D eigenvalue weighted by Crippen LogP contribution is 2.34. The molecule has 0 N–H and O–H groups in total. The number of fused-ring (bicyclic) bond motifs is 1. The summed E-state index contributed by atoms with van der Waals surface area (Å²) in [6.45, 7) is 0.755. The first kappa shape index (κ1) is 11.0. The third-order valence-electron chi connectivity index (χ3n) is 3.96. The van der Waals surface area contributed by atoms with Crippen LogP contribution in [0, 0.1) is 0 Å². The van der Waals surface area contributed by atoms with Crippen molar-refractivity contribution in [2.45, 2.75) is 44.1 Å². The second kappa shape index (κ2) is 4.61. The summed E-state index contributed by atoms with van der Waals surface area (Å²) >= 11 is 0. The van der Waals surface area contributed by atoms with Gasteiger partial charge in [-0.25, -0.2) is 0 Å². The summed E-state index contributed by atoms with van der Waals surface area (Å²) in [6, 6.07) is 8.38. The Morgan fingerprint density at radius 1 is 1.18 bits per heavy atom. The van der Waals surface area contributed by atoms with Gasteiger partial charge in [0.1, 0.15) is 6.10 Å². The zero-order valence-electron chi connectivity index (χ0n) is 10.0. The molecule has 0 amide bonds. The molecule has 1 heterocycles. The topological polar surface area (TPSA) is 26.3 Å². The van der Waals surface area contributed by atoms with E-state index in [9.17, 15) is 4.79 Å². The summed E-state index contributed by atoms with van der Waals surface area (Å²) in [5.41, 5.74) is 2.61. The largest absolute Gasteiger partial charge is 0.370 e. The van der Waals surface area contributed by atoms with Crippen molar-refractivity contribution in [2.75, 3.05) is 6.61 Å². The molecule has 0 radical (unpaired) electrons. The van der Waals surface area contributed by atoms with Gasteiger partial charge in [-0.15, -0.1) is 0 Å². The highest BCUT2D eigenvalue weighted by atomic mass is 16.5. The molecule has 3 rings (SSSR count). The van der Waals surface area contributed by atoms with Gasteiger partial charge >= 0.3 is 0 Å². The van der Waals surface area contributed by atoms with Crippen LogP contribution in [0.5, 0.6) is 0 Å². The number of hydrogen-bond donors (Lipinski definition) is 0. The maximum Gasteiger partial charge on any atom is 0.168 e. The van der Waals surface area contributed by atoms with Crippen LogP contribution in [0.2, 0.25) is 0 Å². The Balaban J connectivity index is 1.86. The van der Waals surface area contributed by atoms with E-state index in [1.807, 2.05) is 6.07 Å². The fourth-order valence-corrected chi connectivity index (χ4v) is 3.08. The summed E-state index contributed by atoms with van der Waals surface area (Å²) in [5.74, 6) is 0.401. The molecule has 2 aliphatic rings. The molecule has 0 bridgehead atoms. The Bertz CT molecular complexity index is 419. The van der Waals surface area contributed by atoms with E-state index in [0.717, 1.165) is 38.7 Å². The Morgan fingerprint density at radius 2 is 2.06 bits per heavy atom. The predicted molar refractivity (Wildman–Crippen MR) is 66.1 cm³/mol. The number of carbonyl (C=O) groups is 1. The van der Waals surface area contributed by atoms with E-state index >= 15 is 0 Å². The molecule has 90 valence electrons. The van der Waals surface area contributed by atoms with E-state index in [1.54, 1.807) is 0 Å². The first-order valence-corrected chi connectivity index (χ1v) is 6.59. The van der Waals surface area contributed by atoms with Crippen LogP contribution in [-0.2, 0) is 16.0 Å². The molecule has 2 atom stereocenters. The van der Waals surface area contributed by atoms with Gasteiger partial charge in [-0.3, -0.25) is 4.79 Å². The van der Waals surface area contributed by atoms with Gasteiger partial charge in [0.2, 0.25) is 0 Å². The number of benzene rings is 1. The van der Waals surface area contributed by atoms with Crippen LogP contribution in [0.4, 0.5) is 0 Å². The lowest BCUT2D eigenvalue weighted by atomic mass is 9.79. The number of Topliss-reactive ketones (excluding diaryl/α,β-unsaturated/α-hetero) is 1. The molecule has 1 saturated heterocycles. The fourth-order valence-electron chi connectivity index (χ4n) is 3.08. The number of hydrogen-bond acceptors (Lipinski definition) is 2. The first-order valence-electron chi connectivity index (χ1n) is 6.59. The molecule has 2 heteroatoms. The monoisotopic (exact) mass is 230 g/mol. The van der Waals surface area contributed by atoms with Crippen molar-refractivity contribution in [3.8, 4) is 0 Å². The van der Waals surface area contributed by atoms with Gasteiger partial charge in [-0.2, -0.15) is 0 Å². The lowest BCUT2D eigenvalue weighted by Crippen LogP contribution is -2.28. The highest BCUT2D eigenvalue weighted by molar-refractivity contribution is 5.90. The maximum atomic E-state index is 12.4. The zero-order valence-corrected chi connectivity index (χ0v) is 10.0. The van der Waals surface area contributed by atoms with Crippen LogP contribution >= 0.6 is 0 Å². The van der Waals surface area contributed by atoms with Gasteiger partial charge in [-0.05, 0) is 43.2 Å². The lowest BCUT2D eigenvalue weighted by Gasteiger charge is -2.26. The predicted octanol–water partition coefficient (Wildman–Crippen LogP) is 2.85. The fraction of sp³-hybridized carbons (Fsp3) is 0.533. The van der Waals surface area contributed by atoms with Crippen molar-refractivity contribution in [2.24, 2.45) is 0 Å². The molecular weight excluding hydrogens is 212 g/mol. The van der Waals surface area contributed by atoms with Gasteiger partial charge in [0.25, 0.3) is 0 Å². The maximum absolute atomic E-state index is 12.4. The van der Waals surface area contributed by atoms with Crippen LogP contribution in [-0.4, -0.2) is 18.5 Å². The molecule has 1 aliphatic heterocycles. The van der Waals surface area contributed by atoms with E-state index < -0.39 is 0 Å². The number of ether oxygens (including phenoxy) is 1. The SMILES string of the molecule is O=C(C1CCCO1)C1CCCc2ccccc21. The van der Waals surface area contributed by atoms with Crippen LogP contribution in [0.25, 0.3) is 0 Å². The molecule has 2 unspecified atom stereocenters. The summed E-state index contributed by atoms with van der Waals surface area (Å²) < 4.78 is 5.53. The van der Waals surface area contributed by atoms with Crippen molar-refractivity contribution in [1.29, 1.82) is 0 Å². The normalized spacial score (nSPS) is 27.8. The van der Waals surface area contributed by atoms with E-state index in [2.05, 4.69) is 18.2 Å². The minimum atomic E-state index is -0.133. The van der Waals surface area contributed by atoms with Gasteiger partial charge in [0, 0.05) is 12.5 Å². The van der Waals surface area contributed by atoms with E-state index in [1.165, 1.54) is 11.1 Å². The Hall–Kier alpha value is -1.15. The van der Waals surface area contributed by atoms with E-state index in [0.29, 0.717) is 5.78 Å². The summed E-state index contributed by atoms with van der Waals surface area (Å²) in [7, 11) is 0. The molecule has 1 aromatic rings. The van der Waals surface area contributed by atoms with Crippen molar-refractivity contribution < 1.29 is 9.53 Å². The highest BCUT2D eigenvalue weighted by Gasteiger charge is 2.33. The average molecular weight is 230 g/mol. The minimum absolute atomic E-state index is 0.0862. The van der Waals surface area contributed by atoms with Crippen LogP contribution < -0.4 is 0 Å². The molecule has 0 aromatic heterocycles. The van der Waals surface area contributed by atoms with Crippen molar-refractivity contribution in [3.63, 3.8) is 0 Å². The summed E-state index contributed by atoms with van der Waals surface area (Å²) in [5, 5.41) is 0. The molecule has 1 aromatic carbocycles. The van der Waals surface area contributed by atoms with Gasteiger partial charge in [0.15, 0.2) is 5.78 Å². The Morgan fingerprint density at radius 3 is 2.88 bits per heavy atom. The molecule has 17 heavy (non-hydrogen) atoms. The Kier molecular flexibility index (Phi) is 2.98. The first-order chi connectivity index (χ1) is 8.36. The average Bonchev–Trinajstić information content (AvgIpc) is 2.91. The van der Waals surface area contributed by atoms with Gasteiger partial charge in [-0.1, -0.05) is 24.3 Å². The van der Waals surface area contributed by atoms with E-state index in [-0.39, 0.29) is 12.0 Å². The smallest absolute Gasteiger partial charge is 0.168 e. The molecule has 1 aliphatic carbocycles. The van der Waals surface area contributed by atoms with Crippen molar-refractivity contribution in [3.05, 3.63) is 35.4 Å². The quantitative estimate of drug-likeness (QED) is 0.781. The number of carbonyl (C=O) groups excluding carboxylic acids is 1. The van der Waals surface area contributed by atoms with Crippen molar-refractivity contribution >= 4 is 5.78 Å². The molecule has 1 fully saturated rings. The van der Waals surface area contributed by atoms with Crippen LogP contribution in [0.3, 0.4) is 0 Å². The Labute approximate surface area is 102 Å². The second-order valence-corrected chi connectivity index (χ2v) is 5.05. The number of ketones is 1. The van der Waals surface area contributed by atoms with Crippen LogP contribution in [0.15, 0.2) is 24.3 Å². The third kappa shape index (κ3) is 2.02. The molecule has 2 nitrogen and oxygen atoms in total. The second-order valence-electron chi connectivity index (χ2n) is 5.05. The molecule has 0 spiro atoms. The minimum Gasteiger partial charge on any atom is -0.370 e. The molecule has 0 saturated carbocycles. The number of rotatable bonds is 2. The zero-order chi connectivity index (χ0) is 11.7.